The zero-order valence-electron chi connectivity index (χ0n) is 22.4. The van der Waals surface area contributed by atoms with Crippen LogP contribution < -0.4 is 9.44 Å². The molecule has 210 valence electrons. The van der Waals surface area contributed by atoms with E-state index in [0.29, 0.717) is 57.9 Å². The van der Waals surface area contributed by atoms with Crippen LogP contribution in [0.15, 0.2) is 60.7 Å². The molecule has 0 bridgehead atoms. The van der Waals surface area contributed by atoms with Crippen molar-refractivity contribution in [1.29, 1.82) is 0 Å². The van der Waals surface area contributed by atoms with Crippen molar-refractivity contribution in [3.05, 3.63) is 60.7 Å². The van der Waals surface area contributed by atoms with Crippen molar-refractivity contribution in [1.82, 2.24) is 19.9 Å². The van der Waals surface area contributed by atoms with Crippen LogP contribution in [-0.2, 0) is 20.0 Å². The number of aromatic nitrogens is 4. The summed E-state index contributed by atoms with van der Waals surface area (Å²) in [5.41, 5.74) is 5.37. The van der Waals surface area contributed by atoms with E-state index in [9.17, 15) is 16.8 Å². The lowest BCUT2D eigenvalue weighted by Gasteiger charge is -2.07. The first kappa shape index (κ1) is 27.7. The number of hydrogen-bond donors (Lipinski definition) is 4. The zero-order valence-corrected chi connectivity index (χ0v) is 24.0. The van der Waals surface area contributed by atoms with Gasteiger partial charge >= 0.3 is 0 Å². The van der Waals surface area contributed by atoms with Gasteiger partial charge in [0.1, 0.15) is 11.6 Å². The van der Waals surface area contributed by atoms with Gasteiger partial charge in [-0.25, -0.2) is 26.8 Å². The molecule has 2 aromatic heterocycles. The summed E-state index contributed by atoms with van der Waals surface area (Å²) in [5, 5.41) is 0. The Morgan fingerprint density at radius 3 is 1.48 bits per heavy atom. The highest BCUT2D eigenvalue weighted by molar-refractivity contribution is 7.92. The van der Waals surface area contributed by atoms with Gasteiger partial charge in [-0.2, -0.15) is 0 Å². The van der Waals surface area contributed by atoms with E-state index in [4.69, 9.17) is 9.97 Å². The summed E-state index contributed by atoms with van der Waals surface area (Å²) in [5.74, 6) is 1.38. The van der Waals surface area contributed by atoms with Crippen LogP contribution in [0.3, 0.4) is 0 Å². The standard InChI is InChI=1S/C28H32N6O4S2/c1-3-5-15-39(35,36)33-19-11-13-23-25(17-19)31-27(29-23)21-9-7-8-10-22(21)28-30-24-14-12-20(18-26(24)32-28)34-40(37,38)16-6-4-2/h7-14,17-18,33-34H,3-6,15-16H2,1-2H3,(H,29,31)(H,30,32). The lowest BCUT2D eigenvalue weighted by atomic mass is 10.1. The van der Waals surface area contributed by atoms with Crippen LogP contribution in [0.2, 0.25) is 0 Å². The third-order valence-corrected chi connectivity index (χ3v) is 9.23. The van der Waals surface area contributed by atoms with Crippen LogP contribution in [0.4, 0.5) is 11.4 Å². The fraction of sp³-hybridized carbons (Fsp3) is 0.286. The number of imidazole rings is 2. The molecule has 0 aliphatic rings. The van der Waals surface area contributed by atoms with Gasteiger partial charge in [-0.15, -0.1) is 0 Å². The molecule has 5 aromatic rings. The number of fused-ring (bicyclic) bond motifs is 2. The summed E-state index contributed by atoms with van der Waals surface area (Å²) >= 11 is 0. The van der Waals surface area contributed by atoms with Crippen molar-refractivity contribution < 1.29 is 16.8 Å². The normalized spacial score (nSPS) is 12.2. The van der Waals surface area contributed by atoms with Gasteiger partial charge in [0.2, 0.25) is 20.0 Å². The predicted molar refractivity (Wildman–Crippen MR) is 161 cm³/mol. The molecule has 5 rings (SSSR count). The number of nitrogens with one attached hydrogen (secondary N) is 4. The molecule has 40 heavy (non-hydrogen) atoms. The molecular weight excluding hydrogens is 548 g/mol. The van der Waals surface area contributed by atoms with Crippen molar-refractivity contribution in [3.63, 3.8) is 0 Å². The molecule has 0 aliphatic heterocycles. The van der Waals surface area contributed by atoms with Crippen LogP contribution in [0.5, 0.6) is 0 Å². The van der Waals surface area contributed by atoms with Crippen LogP contribution in [-0.4, -0.2) is 48.3 Å². The maximum absolute atomic E-state index is 12.3. The van der Waals surface area contributed by atoms with Gasteiger partial charge in [-0.1, -0.05) is 51.0 Å². The molecule has 0 spiro atoms. The molecule has 4 N–H and O–H groups in total. The maximum Gasteiger partial charge on any atom is 0.232 e. The van der Waals surface area contributed by atoms with Crippen molar-refractivity contribution in [2.24, 2.45) is 0 Å². The lowest BCUT2D eigenvalue weighted by molar-refractivity contribution is 0.596. The first-order chi connectivity index (χ1) is 19.2. The predicted octanol–water partition coefficient (Wildman–Crippen LogP) is 5.86. The Balaban J connectivity index is 1.45. The first-order valence-corrected chi connectivity index (χ1v) is 16.6. The maximum atomic E-state index is 12.3. The fourth-order valence-corrected chi connectivity index (χ4v) is 6.94. The quantitative estimate of drug-likeness (QED) is 0.145. The van der Waals surface area contributed by atoms with Gasteiger partial charge in [0.05, 0.1) is 44.9 Å². The number of sulfonamides is 2. The lowest BCUT2D eigenvalue weighted by Crippen LogP contribution is -2.16. The minimum Gasteiger partial charge on any atom is -0.338 e. The third-order valence-electron chi connectivity index (χ3n) is 6.48. The number of aromatic amines is 2. The molecule has 0 fully saturated rings. The number of benzene rings is 3. The van der Waals surface area contributed by atoms with Gasteiger partial charge in [0.15, 0.2) is 0 Å². The molecule has 0 radical (unpaired) electrons. The Kier molecular flexibility index (Phi) is 7.81. The van der Waals surface area contributed by atoms with Gasteiger partial charge in [0, 0.05) is 11.1 Å². The minimum atomic E-state index is -3.42. The van der Waals surface area contributed by atoms with E-state index < -0.39 is 20.0 Å². The number of nitrogens with zero attached hydrogens (tertiary/aromatic N) is 2. The second-order valence-electron chi connectivity index (χ2n) is 9.73. The molecule has 0 aliphatic carbocycles. The van der Waals surface area contributed by atoms with Crippen LogP contribution in [0.1, 0.15) is 39.5 Å². The molecule has 2 heterocycles. The van der Waals surface area contributed by atoms with Gasteiger partial charge in [0.25, 0.3) is 0 Å². The number of anilines is 2. The van der Waals surface area contributed by atoms with E-state index in [1.165, 1.54) is 0 Å². The van der Waals surface area contributed by atoms with E-state index in [0.717, 1.165) is 24.0 Å². The van der Waals surface area contributed by atoms with Gasteiger partial charge < -0.3 is 9.97 Å². The molecule has 0 saturated heterocycles. The van der Waals surface area contributed by atoms with Crippen LogP contribution in [0, 0.1) is 0 Å². The summed E-state index contributed by atoms with van der Waals surface area (Å²) in [6.07, 6.45) is 2.79. The fourth-order valence-electron chi connectivity index (χ4n) is 4.43. The summed E-state index contributed by atoms with van der Waals surface area (Å²) in [6.45, 7) is 3.90. The van der Waals surface area contributed by atoms with Crippen molar-refractivity contribution in [2.75, 3.05) is 20.9 Å². The molecule has 12 heteroatoms. The molecule has 0 saturated carbocycles. The number of H-pyrrole nitrogens is 2. The Morgan fingerprint density at radius 1 is 0.650 bits per heavy atom. The van der Waals surface area contributed by atoms with Crippen molar-refractivity contribution >= 4 is 53.5 Å². The third kappa shape index (κ3) is 6.28. The highest BCUT2D eigenvalue weighted by Gasteiger charge is 2.16. The monoisotopic (exact) mass is 580 g/mol. The first-order valence-electron chi connectivity index (χ1n) is 13.3. The van der Waals surface area contributed by atoms with E-state index >= 15 is 0 Å². The van der Waals surface area contributed by atoms with Crippen molar-refractivity contribution in [2.45, 2.75) is 39.5 Å². The van der Waals surface area contributed by atoms with E-state index in [-0.39, 0.29) is 11.5 Å². The average molecular weight is 581 g/mol. The SMILES string of the molecule is CCCCS(=O)(=O)Nc1ccc2nc(-c3ccccc3-c3nc4ccc(NS(=O)(=O)CCCC)cc4[nH]3)[nH]c2c1. The van der Waals surface area contributed by atoms with Crippen LogP contribution in [0.25, 0.3) is 44.8 Å². The summed E-state index contributed by atoms with van der Waals surface area (Å²) < 4.78 is 54.7. The molecular formula is C28H32N6O4S2. The van der Waals surface area contributed by atoms with E-state index in [1.54, 1.807) is 36.4 Å². The Labute approximate surface area is 233 Å². The highest BCUT2D eigenvalue weighted by Crippen LogP contribution is 2.32. The zero-order chi connectivity index (χ0) is 28.3. The Hall–Kier alpha value is -3.90. The van der Waals surface area contributed by atoms with E-state index in [1.807, 2.05) is 38.1 Å². The Morgan fingerprint density at radius 2 is 1.07 bits per heavy atom. The van der Waals surface area contributed by atoms with E-state index in [2.05, 4.69) is 19.4 Å². The van der Waals surface area contributed by atoms with Crippen molar-refractivity contribution in [3.8, 4) is 22.8 Å². The average Bonchev–Trinajstić information content (AvgIpc) is 3.54. The Bertz CT molecular complexity index is 1740. The largest absolute Gasteiger partial charge is 0.338 e. The molecule has 0 atom stereocenters. The number of hydrogen-bond acceptors (Lipinski definition) is 6. The second-order valence-corrected chi connectivity index (χ2v) is 13.4. The van der Waals surface area contributed by atoms with Gasteiger partial charge in [-0.3, -0.25) is 9.44 Å². The summed E-state index contributed by atoms with van der Waals surface area (Å²) in [6, 6.07) is 18.1. The molecule has 0 unspecified atom stereocenters. The van der Waals surface area contributed by atoms with Crippen LogP contribution >= 0.6 is 0 Å². The minimum absolute atomic E-state index is 0.0763. The molecule has 0 amide bonds. The second kappa shape index (κ2) is 11.3. The van der Waals surface area contributed by atoms with Gasteiger partial charge in [-0.05, 0) is 49.2 Å². The number of rotatable bonds is 12. The topological polar surface area (TPSA) is 150 Å². The summed E-state index contributed by atoms with van der Waals surface area (Å²) in [7, 11) is -6.84. The summed E-state index contributed by atoms with van der Waals surface area (Å²) in [4.78, 5) is 16.1. The smallest absolute Gasteiger partial charge is 0.232 e. The molecule has 3 aromatic carbocycles. The highest BCUT2D eigenvalue weighted by atomic mass is 32.2. The molecule has 10 nitrogen and oxygen atoms in total. The number of unbranched alkanes of at least 4 members (excludes halogenated alkanes) is 2.